The molecule has 134 valence electrons. The van der Waals surface area contributed by atoms with Crippen molar-refractivity contribution in [2.45, 2.75) is 24.3 Å². The summed E-state index contributed by atoms with van der Waals surface area (Å²) in [7, 11) is 1.66. The minimum atomic E-state index is -0.327. The van der Waals surface area contributed by atoms with Crippen molar-refractivity contribution in [1.29, 1.82) is 0 Å². The highest BCUT2D eigenvalue weighted by Gasteiger charge is 2.13. The van der Waals surface area contributed by atoms with E-state index >= 15 is 0 Å². The molecule has 3 aromatic rings. The zero-order valence-corrected chi connectivity index (χ0v) is 15.3. The molecule has 0 aliphatic heterocycles. The Morgan fingerprint density at radius 2 is 1.65 bits per heavy atom. The average molecular weight is 372 g/mol. The van der Waals surface area contributed by atoms with Crippen LogP contribution in [-0.4, -0.2) is 9.55 Å². The third kappa shape index (κ3) is 4.19. The molecule has 0 unspecified atom stereocenters. The van der Waals surface area contributed by atoms with E-state index in [2.05, 4.69) is 4.98 Å². The molecule has 3 nitrogen and oxygen atoms in total. The van der Waals surface area contributed by atoms with Crippen LogP contribution in [0, 0.1) is 18.6 Å². The van der Waals surface area contributed by atoms with Gasteiger partial charge in [0.25, 0.3) is 5.56 Å². The highest BCUT2D eigenvalue weighted by atomic mass is 32.2. The molecule has 0 amide bonds. The third-order valence-electron chi connectivity index (χ3n) is 4.08. The normalized spacial score (nSPS) is 10.9. The molecule has 0 fully saturated rings. The quantitative estimate of drug-likeness (QED) is 0.496. The molecule has 1 heterocycles. The van der Waals surface area contributed by atoms with Gasteiger partial charge in [0.15, 0.2) is 5.16 Å². The molecule has 6 heteroatoms. The van der Waals surface area contributed by atoms with E-state index in [0.29, 0.717) is 28.6 Å². The Morgan fingerprint density at radius 1 is 1.04 bits per heavy atom. The predicted molar refractivity (Wildman–Crippen MR) is 99.4 cm³/mol. The zero-order chi connectivity index (χ0) is 18.7. The molecule has 0 aliphatic carbocycles. The van der Waals surface area contributed by atoms with Crippen molar-refractivity contribution in [2.24, 2.45) is 7.05 Å². The van der Waals surface area contributed by atoms with E-state index in [-0.39, 0.29) is 17.2 Å². The number of aromatic nitrogens is 2. The van der Waals surface area contributed by atoms with Crippen molar-refractivity contribution in [1.82, 2.24) is 9.55 Å². The first-order chi connectivity index (χ1) is 12.4. The molecule has 0 saturated heterocycles. The molecule has 0 atom stereocenters. The fourth-order valence-electron chi connectivity index (χ4n) is 2.69. The van der Waals surface area contributed by atoms with Crippen molar-refractivity contribution >= 4 is 11.8 Å². The van der Waals surface area contributed by atoms with Gasteiger partial charge in [-0.05, 0) is 42.3 Å². The van der Waals surface area contributed by atoms with Crippen LogP contribution in [-0.2, 0) is 19.2 Å². The third-order valence-corrected chi connectivity index (χ3v) is 5.18. The van der Waals surface area contributed by atoms with Gasteiger partial charge in [-0.25, -0.2) is 13.8 Å². The van der Waals surface area contributed by atoms with Gasteiger partial charge in [0.1, 0.15) is 11.6 Å². The minimum Gasteiger partial charge on any atom is -0.291 e. The number of nitrogens with zero attached hydrogens (tertiary/aromatic N) is 2. The molecule has 0 aliphatic rings. The van der Waals surface area contributed by atoms with Crippen LogP contribution < -0.4 is 5.56 Å². The number of halogens is 2. The van der Waals surface area contributed by atoms with E-state index in [1.54, 1.807) is 32.2 Å². The van der Waals surface area contributed by atoms with Gasteiger partial charge in [-0.15, -0.1) is 0 Å². The lowest BCUT2D eigenvalue weighted by atomic mass is 10.1. The lowest BCUT2D eigenvalue weighted by molar-refractivity contribution is 0.625. The molecule has 0 radical (unpaired) electrons. The summed E-state index contributed by atoms with van der Waals surface area (Å²) in [5.41, 5.74) is 2.58. The Morgan fingerprint density at radius 3 is 2.31 bits per heavy atom. The van der Waals surface area contributed by atoms with Gasteiger partial charge < -0.3 is 0 Å². The second-order valence-corrected chi connectivity index (χ2v) is 6.99. The fourth-order valence-corrected chi connectivity index (χ4v) is 3.64. The standard InChI is InChI=1S/C20H18F2N2OS/c1-13-18(11-14-5-3-7-16(21)9-14)19(25)24(2)20(23-13)26-12-15-6-4-8-17(22)10-15/h3-10H,11-12H2,1-2H3. The number of hydrogen-bond donors (Lipinski definition) is 0. The summed E-state index contributed by atoms with van der Waals surface area (Å²) in [6, 6.07) is 12.6. The number of aryl methyl sites for hydroxylation is 1. The summed E-state index contributed by atoms with van der Waals surface area (Å²) in [6.07, 6.45) is 0.331. The summed E-state index contributed by atoms with van der Waals surface area (Å²) >= 11 is 1.38. The zero-order valence-electron chi connectivity index (χ0n) is 14.5. The van der Waals surface area contributed by atoms with Crippen LogP contribution in [0.15, 0.2) is 58.5 Å². The van der Waals surface area contributed by atoms with E-state index in [1.807, 2.05) is 6.07 Å². The highest BCUT2D eigenvalue weighted by Crippen LogP contribution is 2.21. The van der Waals surface area contributed by atoms with Crippen molar-refractivity contribution < 1.29 is 8.78 Å². The summed E-state index contributed by atoms with van der Waals surface area (Å²) in [4.78, 5) is 17.2. The summed E-state index contributed by atoms with van der Waals surface area (Å²) in [6.45, 7) is 1.78. The maximum atomic E-state index is 13.4. The SMILES string of the molecule is Cc1nc(SCc2cccc(F)c2)n(C)c(=O)c1Cc1cccc(F)c1. The smallest absolute Gasteiger partial charge is 0.257 e. The van der Waals surface area contributed by atoms with Crippen LogP contribution in [0.25, 0.3) is 0 Å². The topological polar surface area (TPSA) is 34.9 Å². The summed E-state index contributed by atoms with van der Waals surface area (Å²) < 4.78 is 28.1. The Balaban J connectivity index is 1.84. The van der Waals surface area contributed by atoms with Gasteiger partial charge in [-0.2, -0.15) is 0 Å². The summed E-state index contributed by atoms with van der Waals surface area (Å²) in [5.74, 6) is -0.0976. The van der Waals surface area contributed by atoms with Gasteiger partial charge in [0.05, 0.1) is 0 Å². The Hall–Kier alpha value is -2.47. The minimum absolute atomic E-state index is 0.150. The number of hydrogen-bond acceptors (Lipinski definition) is 3. The lowest BCUT2D eigenvalue weighted by Crippen LogP contribution is -2.25. The van der Waals surface area contributed by atoms with E-state index < -0.39 is 0 Å². The largest absolute Gasteiger partial charge is 0.291 e. The molecule has 0 N–H and O–H groups in total. The van der Waals surface area contributed by atoms with Crippen molar-refractivity contribution in [3.63, 3.8) is 0 Å². The van der Waals surface area contributed by atoms with E-state index in [4.69, 9.17) is 0 Å². The monoisotopic (exact) mass is 372 g/mol. The van der Waals surface area contributed by atoms with Crippen LogP contribution in [0.5, 0.6) is 0 Å². The van der Waals surface area contributed by atoms with E-state index in [0.717, 1.165) is 11.1 Å². The Labute approximate surface area is 154 Å². The van der Waals surface area contributed by atoms with Gasteiger partial charge in [0.2, 0.25) is 0 Å². The van der Waals surface area contributed by atoms with E-state index in [1.165, 1.54) is 40.6 Å². The summed E-state index contributed by atoms with van der Waals surface area (Å²) in [5, 5.41) is 0.569. The average Bonchev–Trinajstić information content (AvgIpc) is 2.61. The maximum absolute atomic E-state index is 13.4. The molecular formula is C20H18F2N2OS. The first kappa shape index (κ1) is 18.3. The van der Waals surface area contributed by atoms with Crippen molar-refractivity contribution in [3.05, 3.63) is 92.9 Å². The van der Waals surface area contributed by atoms with Crippen LogP contribution in [0.3, 0.4) is 0 Å². The predicted octanol–water partition coefficient (Wildman–Crippen LogP) is 4.25. The van der Waals surface area contributed by atoms with Gasteiger partial charge in [-0.1, -0.05) is 36.0 Å². The lowest BCUT2D eigenvalue weighted by Gasteiger charge is -2.12. The Bertz CT molecular complexity index is 1000. The second kappa shape index (κ2) is 7.83. The molecule has 0 bridgehead atoms. The molecule has 1 aromatic heterocycles. The van der Waals surface area contributed by atoms with Gasteiger partial charge in [-0.3, -0.25) is 9.36 Å². The first-order valence-electron chi connectivity index (χ1n) is 8.12. The Kier molecular flexibility index (Phi) is 5.52. The molecule has 0 saturated carbocycles. The van der Waals surface area contributed by atoms with Crippen LogP contribution in [0.4, 0.5) is 8.78 Å². The van der Waals surface area contributed by atoms with E-state index in [9.17, 15) is 13.6 Å². The maximum Gasteiger partial charge on any atom is 0.257 e. The molecule has 0 spiro atoms. The van der Waals surface area contributed by atoms with Crippen molar-refractivity contribution in [2.75, 3.05) is 0 Å². The van der Waals surface area contributed by atoms with Crippen LogP contribution >= 0.6 is 11.8 Å². The molecule has 3 rings (SSSR count). The first-order valence-corrected chi connectivity index (χ1v) is 9.11. The van der Waals surface area contributed by atoms with Gasteiger partial charge >= 0.3 is 0 Å². The fraction of sp³-hybridized carbons (Fsp3) is 0.200. The number of thioether (sulfide) groups is 1. The van der Waals surface area contributed by atoms with Crippen LogP contribution in [0.1, 0.15) is 22.4 Å². The molecule has 26 heavy (non-hydrogen) atoms. The van der Waals surface area contributed by atoms with Crippen molar-refractivity contribution in [3.8, 4) is 0 Å². The van der Waals surface area contributed by atoms with Gasteiger partial charge in [0, 0.05) is 30.5 Å². The molecule has 2 aromatic carbocycles. The number of benzene rings is 2. The highest BCUT2D eigenvalue weighted by molar-refractivity contribution is 7.98. The van der Waals surface area contributed by atoms with Crippen LogP contribution in [0.2, 0.25) is 0 Å². The molecular weight excluding hydrogens is 354 g/mol. The number of rotatable bonds is 5. The second-order valence-electron chi connectivity index (χ2n) is 6.05.